The topological polar surface area (TPSA) is 35.2 Å². The molecule has 0 bridgehead atoms. The van der Waals surface area contributed by atoms with E-state index in [0.717, 1.165) is 27.5 Å². The molecule has 2 N–H and O–H groups in total. The van der Waals surface area contributed by atoms with Gasteiger partial charge in [-0.1, -0.05) is 11.6 Å². The SMILES string of the molecule is COc1cc(C)c(Cl)c(C)c1C(S)CN. The fourth-order valence-electron chi connectivity index (χ4n) is 1.64. The first-order chi connectivity index (χ1) is 7.02. The average Bonchev–Trinajstić information content (AvgIpc) is 2.24. The lowest BCUT2D eigenvalue weighted by Gasteiger charge is -2.18. The maximum atomic E-state index is 6.18. The minimum Gasteiger partial charge on any atom is -0.496 e. The van der Waals surface area contributed by atoms with Crippen LogP contribution in [0, 0.1) is 13.8 Å². The van der Waals surface area contributed by atoms with Gasteiger partial charge in [0.05, 0.1) is 7.11 Å². The van der Waals surface area contributed by atoms with E-state index in [4.69, 9.17) is 22.1 Å². The predicted octanol–water partition coefficient (Wildman–Crippen LogP) is 2.90. The second-order valence-corrected chi connectivity index (χ2v) is 4.50. The molecule has 1 atom stereocenters. The van der Waals surface area contributed by atoms with E-state index in [9.17, 15) is 0 Å². The Labute approximate surface area is 101 Å². The van der Waals surface area contributed by atoms with Crippen molar-refractivity contribution in [1.82, 2.24) is 0 Å². The van der Waals surface area contributed by atoms with Gasteiger partial charge in [0, 0.05) is 22.4 Å². The van der Waals surface area contributed by atoms with Crippen LogP contribution < -0.4 is 10.5 Å². The third kappa shape index (κ3) is 2.41. The van der Waals surface area contributed by atoms with Gasteiger partial charge in [0.15, 0.2) is 0 Å². The van der Waals surface area contributed by atoms with E-state index < -0.39 is 0 Å². The van der Waals surface area contributed by atoms with Crippen LogP contribution in [0.15, 0.2) is 6.07 Å². The van der Waals surface area contributed by atoms with Gasteiger partial charge in [0.25, 0.3) is 0 Å². The first-order valence-corrected chi connectivity index (χ1v) is 5.64. The lowest BCUT2D eigenvalue weighted by molar-refractivity contribution is 0.408. The zero-order valence-corrected chi connectivity index (χ0v) is 10.8. The van der Waals surface area contributed by atoms with Crippen LogP contribution in [0.25, 0.3) is 0 Å². The van der Waals surface area contributed by atoms with Crippen molar-refractivity contribution < 1.29 is 4.74 Å². The van der Waals surface area contributed by atoms with E-state index in [1.54, 1.807) is 7.11 Å². The van der Waals surface area contributed by atoms with Crippen molar-refractivity contribution in [2.75, 3.05) is 13.7 Å². The summed E-state index contributed by atoms with van der Waals surface area (Å²) >= 11 is 10.6. The van der Waals surface area contributed by atoms with Crippen LogP contribution in [-0.2, 0) is 0 Å². The number of halogens is 1. The first kappa shape index (κ1) is 12.7. The van der Waals surface area contributed by atoms with Gasteiger partial charge in [-0.05, 0) is 31.0 Å². The molecule has 0 aromatic heterocycles. The number of ether oxygens (including phenoxy) is 1. The van der Waals surface area contributed by atoms with E-state index in [1.165, 1.54) is 0 Å². The van der Waals surface area contributed by atoms with Crippen molar-refractivity contribution in [2.24, 2.45) is 5.73 Å². The molecule has 0 heterocycles. The van der Waals surface area contributed by atoms with Crippen molar-refractivity contribution in [3.8, 4) is 5.75 Å². The Hall–Kier alpha value is -0.380. The van der Waals surface area contributed by atoms with Crippen LogP contribution >= 0.6 is 24.2 Å². The average molecular weight is 246 g/mol. The van der Waals surface area contributed by atoms with Crippen molar-refractivity contribution in [2.45, 2.75) is 19.1 Å². The Bertz CT molecular complexity index is 368. The van der Waals surface area contributed by atoms with Gasteiger partial charge >= 0.3 is 0 Å². The molecule has 0 aliphatic carbocycles. The first-order valence-electron chi connectivity index (χ1n) is 4.74. The fourth-order valence-corrected chi connectivity index (χ4v) is 2.11. The number of benzene rings is 1. The molecule has 84 valence electrons. The van der Waals surface area contributed by atoms with Gasteiger partial charge in [0.2, 0.25) is 0 Å². The monoisotopic (exact) mass is 245 g/mol. The highest BCUT2D eigenvalue weighted by atomic mass is 35.5. The molecule has 1 unspecified atom stereocenters. The largest absolute Gasteiger partial charge is 0.496 e. The normalized spacial score (nSPS) is 12.7. The number of hydrogen-bond donors (Lipinski definition) is 2. The molecule has 1 rings (SSSR count). The zero-order valence-electron chi connectivity index (χ0n) is 9.17. The molecule has 0 spiro atoms. The van der Waals surface area contributed by atoms with Crippen LogP contribution in [0.3, 0.4) is 0 Å². The van der Waals surface area contributed by atoms with E-state index in [-0.39, 0.29) is 5.25 Å². The number of hydrogen-bond acceptors (Lipinski definition) is 3. The quantitative estimate of drug-likeness (QED) is 0.804. The number of thiol groups is 1. The van der Waals surface area contributed by atoms with E-state index in [0.29, 0.717) is 6.54 Å². The molecule has 0 radical (unpaired) electrons. The number of methoxy groups -OCH3 is 1. The summed E-state index contributed by atoms with van der Waals surface area (Å²) in [4.78, 5) is 0. The zero-order chi connectivity index (χ0) is 11.6. The van der Waals surface area contributed by atoms with Crippen LogP contribution in [0.5, 0.6) is 5.75 Å². The maximum absolute atomic E-state index is 6.18. The highest BCUT2D eigenvalue weighted by Gasteiger charge is 2.17. The van der Waals surface area contributed by atoms with Crippen LogP contribution in [-0.4, -0.2) is 13.7 Å². The van der Waals surface area contributed by atoms with Gasteiger partial charge < -0.3 is 10.5 Å². The smallest absolute Gasteiger partial charge is 0.123 e. The molecule has 2 nitrogen and oxygen atoms in total. The molecule has 15 heavy (non-hydrogen) atoms. The lowest BCUT2D eigenvalue weighted by Crippen LogP contribution is -2.10. The fraction of sp³-hybridized carbons (Fsp3) is 0.455. The van der Waals surface area contributed by atoms with E-state index in [2.05, 4.69) is 12.6 Å². The molecule has 0 saturated heterocycles. The van der Waals surface area contributed by atoms with Crippen LogP contribution in [0.1, 0.15) is 21.9 Å². The Kier molecular flexibility index (Phi) is 4.32. The summed E-state index contributed by atoms with van der Waals surface area (Å²) in [5.41, 5.74) is 8.60. The van der Waals surface area contributed by atoms with Crippen molar-refractivity contribution in [1.29, 1.82) is 0 Å². The molecule has 4 heteroatoms. The van der Waals surface area contributed by atoms with Gasteiger partial charge in [-0.3, -0.25) is 0 Å². The summed E-state index contributed by atoms with van der Waals surface area (Å²) in [6.45, 7) is 4.38. The predicted molar refractivity (Wildman–Crippen MR) is 68.3 cm³/mol. The molecule has 0 amide bonds. The molecule has 0 saturated carbocycles. The minimum absolute atomic E-state index is 0.0435. The second-order valence-electron chi connectivity index (χ2n) is 3.50. The molecular formula is C11H16ClNOS. The standard InChI is InChI=1S/C11H16ClNOS/c1-6-4-8(14-3)10(9(15)5-13)7(2)11(6)12/h4,9,15H,5,13H2,1-3H3. The van der Waals surface area contributed by atoms with Crippen molar-refractivity contribution >= 4 is 24.2 Å². The van der Waals surface area contributed by atoms with Gasteiger partial charge in [-0.2, -0.15) is 12.6 Å². The molecule has 1 aromatic carbocycles. The molecular weight excluding hydrogens is 230 g/mol. The van der Waals surface area contributed by atoms with Gasteiger partial charge in [-0.15, -0.1) is 0 Å². The lowest BCUT2D eigenvalue weighted by atomic mass is 10.0. The number of rotatable bonds is 3. The van der Waals surface area contributed by atoms with E-state index >= 15 is 0 Å². The number of nitrogens with two attached hydrogens (primary N) is 1. The third-order valence-corrected chi connectivity index (χ3v) is 3.52. The minimum atomic E-state index is -0.0435. The molecule has 0 aliphatic heterocycles. The Morgan fingerprint density at radius 2 is 2.13 bits per heavy atom. The third-order valence-electron chi connectivity index (χ3n) is 2.47. The van der Waals surface area contributed by atoms with Gasteiger partial charge in [0.1, 0.15) is 5.75 Å². The van der Waals surface area contributed by atoms with Crippen molar-refractivity contribution in [3.63, 3.8) is 0 Å². The van der Waals surface area contributed by atoms with Crippen LogP contribution in [0.2, 0.25) is 5.02 Å². The second kappa shape index (κ2) is 5.10. The summed E-state index contributed by atoms with van der Waals surface area (Å²) in [5.74, 6) is 0.805. The Balaban J connectivity index is 3.40. The summed E-state index contributed by atoms with van der Waals surface area (Å²) in [5, 5.41) is 0.719. The summed E-state index contributed by atoms with van der Waals surface area (Å²) in [6.07, 6.45) is 0. The van der Waals surface area contributed by atoms with Gasteiger partial charge in [-0.25, -0.2) is 0 Å². The highest BCUT2D eigenvalue weighted by Crippen LogP contribution is 2.37. The maximum Gasteiger partial charge on any atom is 0.123 e. The summed E-state index contributed by atoms with van der Waals surface area (Å²) in [7, 11) is 1.64. The Morgan fingerprint density at radius 3 is 2.60 bits per heavy atom. The van der Waals surface area contributed by atoms with Crippen LogP contribution in [0.4, 0.5) is 0 Å². The molecule has 1 aromatic rings. The van der Waals surface area contributed by atoms with E-state index in [1.807, 2.05) is 19.9 Å². The summed E-state index contributed by atoms with van der Waals surface area (Å²) < 4.78 is 5.32. The molecule has 0 fully saturated rings. The molecule has 0 aliphatic rings. The Morgan fingerprint density at radius 1 is 1.53 bits per heavy atom. The van der Waals surface area contributed by atoms with Crippen molar-refractivity contribution in [3.05, 3.63) is 27.8 Å². The number of aryl methyl sites for hydroxylation is 1. The summed E-state index contributed by atoms with van der Waals surface area (Å²) in [6, 6.07) is 1.92. The highest BCUT2D eigenvalue weighted by molar-refractivity contribution is 7.80.